The molecule has 2 unspecified atom stereocenters. The molecule has 1 aliphatic carbocycles. The Kier molecular flexibility index (Phi) is 5.63. The number of ether oxygens (including phenoxy) is 1. The Morgan fingerprint density at radius 1 is 1.32 bits per heavy atom. The van der Waals surface area contributed by atoms with Crippen LogP contribution in [-0.4, -0.2) is 53.8 Å². The molecule has 2 aromatic heterocycles. The van der Waals surface area contributed by atoms with Crippen LogP contribution < -0.4 is 15.6 Å². The molecule has 0 aromatic carbocycles. The van der Waals surface area contributed by atoms with Crippen molar-refractivity contribution in [2.45, 2.75) is 38.9 Å². The van der Waals surface area contributed by atoms with Gasteiger partial charge >= 0.3 is 5.97 Å². The van der Waals surface area contributed by atoms with Crippen LogP contribution in [0.25, 0.3) is 11.0 Å². The van der Waals surface area contributed by atoms with Crippen LogP contribution in [0.3, 0.4) is 0 Å². The third kappa shape index (κ3) is 4.11. The maximum atomic E-state index is 15.0. The number of amides is 1. The Hall–Kier alpha value is -3.04. The number of anilines is 1. The summed E-state index contributed by atoms with van der Waals surface area (Å²) >= 11 is 0. The number of esters is 1. The van der Waals surface area contributed by atoms with E-state index in [1.807, 2.05) is 0 Å². The molecule has 0 bridgehead atoms. The van der Waals surface area contributed by atoms with E-state index in [4.69, 9.17) is 4.74 Å². The Bertz CT molecular complexity index is 1100. The van der Waals surface area contributed by atoms with Gasteiger partial charge in [-0.1, -0.05) is 0 Å². The number of halogens is 2. The molecule has 2 atom stereocenters. The molecule has 8 nitrogen and oxygen atoms in total. The highest BCUT2D eigenvalue weighted by Gasteiger charge is 2.36. The lowest BCUT2D eigenvalue weighted by atomic mass is 10.1. The van der Waals surface area contributed by atoms with Crippen molar-refractivity contribution >= 4 is 28.7 Å². The molecule has 1 saturated carbocycles. The lowest BCUT2D eigenvalue weighted by Gasteiger charge is -2.20. The van der Waals surface area contributed by atoms with E-state index in [-0.39, 0.29) is 60.6 Å². The van der Waals surface area contributed by atoms with Crippen molar-refractivity contribution in [2.75, 3.05) is 31.1 Å². The molecule has 1 saturated heterocycles. The fourth-order valence-corrected chi connectivity index (χ4v) is 3.92. The summed E-state index contributed by atoms with van der Waals surface area (Å²) < 4.78 is 36.1. The molecule has 2 fully saturated rings. The number of hydrogen-bond donors (Lipinski definition) is 1. The van der Waals surface area contributed by atoms with Crippen molar-refractivity contribution in [3.8, 4) is 0 Å². The van der Waals surface area contributed by atoms with Crippen molar-refractivity contribution in [2.24, 2.45) is 5.92 Å². The van der Waals surface area contributed by atoms with Gasteiger partial charge in [0.1, 0.15) is 17.4 Å². The van der Waals surface area contributed by atoms with E-state index >= 15 is 0 Å². The van der Waals surface area contributed by atoms with Crippen molar-refractivity contribution in [3.05, 3.63) is 33.9 Å². The first-order valence-corrected chi connectivity index (χ1v) is 10.4. The molecular weight excluding hydrogens is 410 g/mol. The number of carbonyl (C=O) groups excluding carboxylic acids is 2. The van der Waals surface area contributed by atoms with Crippen LogP contribution in [0.2, 0.25) is 0 Å². The summed E-state index contributed by atoms with van der Waals surface area (Å²) in [6.45, 7) is 3.38. The summed E-state index contributed by atoms with van der Waals surface area (Å²) in [6.07, 6.45) is 1.88. The molecule has 0 spiro atoms. The molecule has 1 N–H and O–H groups in total. The summed E-state index contributed by atoms with van der Waals surface area (Å²) in [4.78, 5) is 42.1. The molecule has 3 heterocycles. The van der Waals surface area contributed by atoms with Gasteiger partial charge in [0.15, 0.2) is 11.6 Å². The van der Waals surface area contributed by atoms with Gasteiger partial charge in [0.25, 0.3) is 0 Å². The summed E-state index contributed by atoms with van der Waals surface area (Å²) in [5.41, 5.74) is -0.537. The number of alkyl halides is 1. The monoisotopic (exact) mass is 434 g/mol. The number of pyridine rings is 2. The first kappa shape index (κ1) is 21.2. The Labute approximate surface area is 177 Å². The topological polar surface area (TPSA) is 93.5 Å². The van der Waals surface area contributed by atoms with E-state index < -0.39 is 29.3 Å². The molecule has 166 valence electrons. The van der Waals surface area contributed by atoms with Crippen LogP contribution in [0, 0.1) is 11.7 Å². The second-order valence-electron chi connectivity index (χ2n) is 8.01. The zero-order valence-electron chi connectivity index (χ0n) is 17.4. The van der Waals surface area contributed by atoms with E-state index in [1.165, 1.54) is 18.0 Å². The van der Waals surface area contributed by atoms with Gasteiger partial charge in [-0.15, -0.1) is 0 Å². The van der Waals surface area contributed by atoms with Gasteiger partial charge in [-0.25, -0.2) is 18.6 Å². The standard InChI is InChI=1S/C21H24F2N4O4/c1-3-31-21(30)15-9-27(13-4-5-13)19-14(18(15)29)6-16(22)20(25-19)26-8-12(17(23)10-26)7-24-11(2)28/h6,9,12-13,17H,3-5,7-8,10H2,1-2H3,(H,24,28). The maximum absolute atomic E-state index is 15.0. The van der Waals surface area contributed by atoms with Crippen molar-refractivity contribution in [1.29, 1.82) is 0 Å². The first-order chi connectivity index (χ1) is 14.8. The zero-order chi connectivity index (χ0) is 22.3. The third-order valence-electron chi connectivity index (χ3n) is 5.65. The predicted octanol–water partition coefficient (Wildman–Crippen LogP) is 1.96. The lowest BCUT2D eigenvalue weighted by Crippen LogP contribution is -2.31. The number of rotatable bonds is 6. The Balaban J connectivity index is 1.74. The van der Waals surface area contributed by atoms with Gasteiger partial charge in [0.2, 0.25) is 11.3 Å². The largest absolute Gasteiger partial charge is 0.462 e. The van der Waals surface area contributed by atoms with Crippen molar-refractivity contribution in [1.82, 2.24) is 14.9 Å². The predicted molar refractivity (Wildman–Crippen MR) is 109 cm³/mol. The van der Waals surface area contributed by atoms with E-state index in [2.05, 4.69) is 10.3 Å². The number of nitrogens with one attached hydrogen (secondary N) is 1. The molecule has 31 heavy (non-hydrogen) atoms. The van der Waals surface area contributed by atoms with Gasteiger partial charge in [-0.3, -0.25) is 9.59 Å². The van der Waals surface area contributed by atoms with Crippen LogP contribution in [-0.2, 0) is 9.53 Å². The minimum absolute atomic E-state index is 0.00973. The second kappa shape index (κ2) is 8.24. The minimum atomic E-state index is -1.25. The number of aromatic nitrogens is 2. The SMILES string of the molecule is CCOC(=O)c1cn(C2CC2)c2nc(N3CC(F)C(CNC(C)=O)C3)c(F)cc2c1=O. The second-order valence-corrected chi connectivity index (χ2v) is 8.01. The molecular formula is C21H24F2N4O4. The van der Waals surface area contributed by atoms with E-state index in [1.54, 1.807) is 11.5 Å². The number of fused-ring (bicyclic) bond motifs is 1. The first-order valence-electron chi connectivity index (χ1n) is 10.4. The van der Waals surface area contributed by atoms with Crippen LogP contribution in [0.5, 0.6) is 0 Å². The van der Waals surface area contributed by atoms with Gasteiger partial charge in [-0.05, 0) is 25.8 Å². The van der Waals surface area contributed by atoms with E-state index in [0.29, 0.717) is 0 Å². The maximum Gasteiger partial charge on any atom is 0.343 e. The molecule has 1 aliphatic heterocycles. The third-order valence-corrected chi connectivity index (χ3v) is 5.65. The molecule has 1 amide bonds. The average Bonchev–Trinajstić information content (AvgIpc) is 3.49. The lowest BCUT2D eigenvalue weighted by molar-refractivity contribution is -0.119. The zero-order valence-corrected chi connectivity index (χ0v) is 17.4. The van der Waals surface area contributed by atoms with E-state index in [0.717, 1.165) is 18.9 Å². The van der Waals surface area contributed by atoms with Gasteiger partial charge in [-0.2, -0.15) is 0 Å². The molecule has 4 rings (SSSR count). The molecule has 0 radical (unpaired) electrons. The highest BCUT2D eigenvalue weighted by molar-refractivity contribution is 5.93. The average molecular weight is 434 g/mol. The summed E-state index contributed by atoms with van der Waals surface area (Å²) in [5.74, 6) is -2.31. The normalized spacial score (nSPS) is 20.8. The van der Waals surface area contributed by atoms with Crippen LogP contribution in [0.1, 0.15) is 43.1 Å². The van der Waals surface area contributed by atoms with Crippen LogP contribution in [0.4, 0.5) is 14.6 Å². The number of carbonyl (C=O) groups is 2. The van der Waals surface area contributed by atoms with Crippen molar-refractivity contribution < 1.29 is 23.1 Å². The highest BCUT2D eigenvalue weighted by atomic mass is 19.1. The fourth-order valence-electron chi connectivity index (χ4n) is 3.92. The molecule has 2 aliphatic rings. The highest BCUT2D eigenvalue weighted by Crippen LogP contribution is 2.37. The van der Waals surface area contributed by atoms with Gasteiger partial charge in [0, 0.05) is 38.2 Å². The Morgan fingerprint density at radius 2 is 2.06 bits per heavy atom. The number of nitrogens with zero attached hydrogens (tertiary/aromatic N) is 3. The smallest absolute Gasteiger partial charge is 0.343 e. The van der Waals surface area contributed by atoms with Crippen LogP contribution >= 0.6 is 0 Å². The molecule has 2 aromatic rings. The summed E-state index contributed by atoms with van der Waals surface area (Å²) in [6, 6.07) is 1.12. The summed E-state index contributed by atoms with van der Waals surface area (Å²) in [7, 11) is 0. The van der Waals surface area contributed by atoms with Gasteiger partial charge in [0.05, 0.1) is 18.5 Å². The fraction of sp³-hybridized carbons (Fsp3) is 0.524. The summed E-state index contributed by atoms with van der Waals surface area (Å²) in [5, 5.41) is 2.58. The Morgan fingerprint density at radius 3 is 2.71 bits per heavy atom. The van der Waals surface area contributed by atoms with Crippen LogP contribution in [0.15, 0.2) is 17.1 Å². The van der Waals surface area contributed by atoms with E-state index in [9.17, 15) is 23.2 Å². The minimum Gasteiger partial charge on any atom is -0.462 e. The number of hydrogen-bond acceptors (Lipinski definition) is 6. The van der Waals surface area contributed by atoms with Gasteiger partial charge < -0.3 is 19.5 Å². The molecule has 10 heteroatoms. The van der Waals surface area contributed by atoms with Crippen molar-refractivity contribution in [3.63, 3.8) is 0 Å². The quantitative estimate of drug-likeness (QED) is 0.699.